The Hall–Kier alpha value is -1.94. The van der Waals surface area contributed by atoms with Gasteiger partial charge in [-0.2, -0.15) is 0 Å². The predicted molar refractivity (Wildman–Crippen MR) is 89.7 cm³/mol. The van der Waals surface area contributed by atoms with Crippen molar-refractivity contribution in [3.8, 4) is 5.75 Å². The van der Waals surface area contributed by atoms with Crippen molar-refractivity contribution >= 4 is 0 Å². The summed E-state index contributed by atoms with van der Waals surface area (Å²) in [6.45, 7) is 5.95. The summed E-state index contributed by atoms with van der Waals surface area (Å²) in [5, 5.41) is 0. The first-order chi connectivity index (χ1) is 11.0. The van der Waals surface area contributed by atoms with Gasteiger partial charge in [0.2, 0.25) is 0 Å². The molecule has 0 fully saturated rings. The van der Waals surface area contributed by atoms with Crippen LogP contribution < -0.4 is 4.74 Å². The Morgan fingerprint density at radius 3 is 2.65 bits per heavy atom. The third-order valence-electron chi connectivity index (χ3n) is 3.20. The van der Waals surface area contributed by atoms with Crippen molar-refractivity contribution in [3.05, 3.63) is 65.5 Å². The molecule has 1 aromatic carbocycles. The summed E-state index contributed by atoms with van der Waals surface area (Å²) in [6, 6.07) is 4.39. The second kappa shape index (κ2) is 9.95. The molecule has 0 heterocycles. The van der Waals surface area contributed by atoms with Crippen LogP contribution in [-0.2, 0) is 4.74 Å². The molecule has 0 N–H and O–H groups in total. The van der Waals surface area contributed by atoms with E-state index in [1.54, 1.807) is 32.3 Å². The molecule has 1 rings (SSSR count). The SMILES string of the molecule is C\C=C/C(Oc1ccc(F)c(C(C)COC)c1)=C(F)\C=C\CC. The van der Waals surface area contributed by atoms with Crippen molar-refractivity contribution in [1.82, 2.24) is 0 Å². The lowest BCUT2D eigenvalue weighted by atomic mass is 10.0. The van der Waals surface area contributed by atoms with Gasteiger partial charge in [0.1, 0.15) is 11.6 Å². The Morgan fingerprint density at radius 1 is 1.30 bits per heavy atom. The van der Waals surface area contributed by atoms with Crippen LogP contribution in [0.1, 0.15) is 38.7 Å². The summed E-state index contributed by atoms with van der Waals surface area (Å²) in [6.07, 6.45) is 7.03. The molecule has 0 aliphatic carbocycles. The second-order valence-corrected chi connectivity index (χ2v) is 5.16. The van der Waals surface area contributed by atoms with Gasteiger partial charge in [-0.3, -0.25) is 0 Å². The number of benzene rings is 1. The second-order valence-electron chi connectivity index (χ2n) is 5.16. The van der Waals surface area contributed by atoms with Crippen LogP contribution in [0, 0.1) is 5.82 Å². The highest BCUT2D eigenvalue weighted by molar-refractivity contribution is 5.35. The maximum atomic E-state index is 14.1. The molecular formula is C19H24F2O2. The third-order valence-corrected chi connectivity index (χ3v) is 3.20. The lowest BCUT2D eigenvalue weighted by Crippen LogP contribution is -2.05. The molecule has 1 unspecified atom stereocenters. The number of halogens is 2. The number of methoxy groups -OCH3 is 1. The molecule has 0 saturated heterocycles. The van der Waals surface area contributed by atoms with Crippen molar-refractivity contribution < 1.29 is 18.3 Å². The van der Waals surface area contributed by atoms with Gasteiger partial charge >= 0.3 is 0 Å². The number of rotatable bonds is 8. The van der Waals surface area contributed by atoms with Crippen molar-refractivity contribution in [2.24, 2.45) is 0 Å². The van der Waals surface area contributed by atoms with Gasteiger partial charge in [-0.1, -0.05) is 26.0 Å². The Kier molecular flexibility index (Phi) is 8.27. The first-order valence-corrected chi connectivity index (χ1v) is 7.68. The van der Waals surface area contributed by atoms with E-state index in [-0.39, 0.29) is 17.5 Å². The zero-order valence-electron chi connectivity index (χ0n) is 14.1. The molecule has 0 aliphatic rings. The molecule has 0 amide bonds. The Balaban J connectivity index is 3.10. The van der Waals surface area contributed by atoms with E-state index >= 15 is 0 Å². The van der Waals surface area contributed by atoms with Gasteiger partial charge in [-0.25, -0.2) is 8.78 Å². The summed E-state index contributed by atoms with van der Waals surface area (Å²) in [4.78, 5) is 0. The van der Waals surface area contributed by atoms with Crippen molar-refractivity contribution in [2.75, 3.05) is 13.7 Å². The highest BCUT2D eigenvalue weighted by atomic mass is 19.1. The average molecular weight is 322 g/mol. The molecular weight excluding hydrogens is 298 g/mol. The van der Waals surface area contributed by atoms with Gasteiger partial charge in [-0.15, -0.1) is 0 Å². The molecule has 0 radical (unpaired) electrons. The minimum atomic E-state index is -0.472. The molecule has 23 heavy (non-hydrogen) atoms. The van der Waals surface area contributed by atoms with E-state index in [2.05, 4.69) is 0 Å². The van der Waals surface area contributed by atoms with Gasteiger partial charge in [0.15, 0.2) is 11.6 Å². The molecule has 0 spiro atoms. The van der Waals surface area contributed by atoms with E-state index < -0.39 is 5.83 Å². The van der Waals surface area contributed by atoms with Crippen LogP contribution in [0.4, 0.5) is 8.78 Å². The molecule has 0 aliphatic heterocycles. The minimum Gasteiger partial charge on any atom is -0.454 e. The maximum Gasteiger partial charge on any atom is 0.165 e. The highest BCUT2D eigenvalue weighted by Gasteiger charge is 2.13. The van der Waals surface area contributed by atoms with Crippen molar-refractivity contribution in [1.29, 1.82) is 0 Å². The van der Waals surface area contributed by atoms with Crippen LogP contribution in [0.3, 0.4) is 0 Å². The van der Waals surface area contributed by atoms with E-state index in [9.17, 15) is 8.78 Å². The lowest BCUT2D eigenvalue weighted by Gasteiger charge is -2.14. The predicted octanol–water partition coefficient (Wildman–Crippen LogP) is 5.68. The van der Waals surface area contributed by atoms with E-state index in [0.29, 0.717) is 17.9 Å². The van der Waals surface area contributed by atoms with E-state index in [1.165, 1.54) is 24.3 Å². The van der Waals surface area contributed by atoms with Crippen LogP contribution >= 0.6 is 0 Å². The fourth-order valence-corrected chi connectivity index (χ4v) is 2.05. The zero-order valence-corrected chi connectivity index (χ0v) is 14.1. The quantitative estimate of drug-likeness (QED) is 0.453. The molecule has 4 heteroatoms. The topological polar surface area (TPSA) is 18.5 Å². The summed E-state index contributed by atoms with van der Waals surface area (Å²) >= 11 is 0. The molecule has 0 saturated carbocycles. The molecule has 0 aromatic heterocycles. The zero-order chi connectivity index (χ0) is 17.2. The number of hydrogen-bond donors (Lipinski definition) is 0. The maximum absolute atomic E-state index is 14.1. The van der Waals surface area contributed by atoms with E-state index in [0.717, 1.165) is 6.42 Å². The van der Waals surface area contributed by atoms with Gasteiger partial charge in [-0.05, 0) is 49.3 Å². The van der Waals surface area contributed by atoms with Crippen LogP contribution in [0.15, 0.2) is 54.1 Å². The van der Waals surface area contributed by atoms with Gasteiger partial charge in [0.05, 0.1) is 6.61 Å². The minimum absolute atomic E-state index is 0.0918. The van der Waals surface area contributed by atoms with Gasteiger partial charge in [0, 0.05) is 13.0 Å². The van der Waals surface area contributed by atoms with Gasteiger partial charge in [0.25, 0.3) is 0 Å². The summed E-state index contributed by atoms with van der Waals surface area (Å²) in [7, 11) is 1.57. The fraction of sp³-hybridized carbons (Fsp3) is 0.368. The summed E-state index contributed by atoms with van der Waals surface area (Å²) in [5.41, 5.74) is 0.480. The Labute approximate surface area is 137 Å². The molecule has 1 atom stereocenters. The highest BCUT2D eigenvalue weighted by Crippen LogP contribution is 2.26. The number of allylic oxidation sites excluding steroid dienone is 5. The average Bonchev–Trinajstić information content (AvgIpc) is 2.54. The van der Waals surface area contributed by atoms with E-state index in [4.69, 9.17) is 9.47 Å². The normalized spacial score (nSPS) is 14.3. The first-order valence-electron chi connectivity index (χ1n) is 7.68. The monoisotopic (exact) mass is 322 g/mol. The van der Waals surface area contributed by atoms with Crippen LogP contribution in [0.25, 0.3) is 0 Å². The standard InChI is InChI=1S/C19H24F2O2/c1-5-7-9-18(21)19(8-6-2)23-15-10-11-17(20)16(12-15)14(3)13-22-4/h6-12,14H,5,13H2,1-4H3/b8-6-,9-7+,19-18-. The summed E-state index contributed by atoms with van der Waals surface area (Å²) in [5.74, 6) is -0.445. The number of ether oxygens (including phenoxy) is 2. The molecule has 2 nitrogen and oxygen atoms in total. The van der Waals surface area contributed by atoms with Gasteiger partial charge < -0.3 is 9.47 Å². The van der Waals surface area contributed by atoms with E-state index in [1.807, 2.05) is 13.8 Å². The fourth-order valence-electron chi connectivity index (χ4n) is 2.05. The smallest absolute Gasteiger partial charge is 0.165 e. The molecule has 126 valence electrons. The molecule has 1 aromatic rings. The molecule has 0 bridgehead atoms. The number of hydrogen-bond acceptors (Lipinski definition) is 2. The largest absolute Gasteiger partial charge is 0.454 e. The lowest BCUT2D eigenvalue weighted by molar-refractivity contribution is 0.183. The Morgan fingerprint density at radius 2 is 2.04 bits per heavy atom. The van der Waals surface area contributed by atoms with Crippen LogP contribution in [0.2, 0.25) is 0 Å². The Bertz CT molecular complexity index is 589. The van der Waals surface area contributed by atoms with Crippen molar-refractivity contribution in [2.45, 2.75) is 33.1 Å². The summed E-state index contributed by atoms with van der Waals surface area (Å²) < 4.78 is 38.7. The van der Waals surface area contributed by atoms with Crippen LogP contribution in [0.5, 0.6) is 5.75 Å². The third kappa shape index (κ3) is 5.99. The van der Waals surface area contributed by atoms with Crippen molar-refractivity contribution in [3.63, 3.8) is 0 Å². The first kappa shape index (κ1) is 19.1. The van der Waals surface area contributed by atoms with Crippen LogP contribution in [-0.4, -0.2) is 13.7 Å².